The van der Waals surface area contributed by atoms with Crippen molar-refractivity contribution in [1.29, 1.82) is 0 Å². The Balaban J connectivity index is 2.56. The van der Waals surface area contributed by atoms with Crippen molar-refractivity contribution < 1.29 is 36.2 Å². The number of aromatic carboxylic acids is 1. The number of carboxylic acids is 1. The number of carboxylic acid groups (broad SMARTS) is 1. The summed E-state index contributed by atoms with van der Waals surface area (Å²) in [5, 5.41) is 8.00. The van der Waals surface area contributed by atoms with Gasteiger partial charge in [0.2, 0.25) is 5.43 Å². The Labute approximate surface area is 128 Å². The van der Waals surface area contributed by atoms with Crippen LogP contribution in [-0.2, 0) is 6.18 Å². The van der Waals surface area contributed by atoms with E-state index in [1.54, 1.807) is 0 Å². The summed E-state index contributed by atoms with van der Waals surface area (Å²) in [4.78, 5) is 23.1. The first-order valence-electron chi connectivity index (χ1n) is 6.55. The normalized spacial score (nSPS) is 20.4. The third-order valence-electron chi connectivity index (χ3n) is 3.76. The molecule has 1 aromatic carbocycles. The maximum Gasteiger partial charge on any atom is 0.421 e. The number of halogens is 6. The molecule has 1 saturated carbocycles. The first kappa shape index (κ1) is 16.3. The molecule has 0 amide bonds. The van der Waals surface area contributed by atoms with Crippen molar-refractivity contribution in [3.8, 4) is 0 Å². The summed E-state index contributed by atoms with van der Waals surface area (Å²) >= 11 is 0. The van der Waals surface area contributed by atoms with E-state index in [1.807, 2.05) is 0 Å². The molecule has 0 spiro atoms. The highest BCUT2D eigenvalue weighted by Crippen LogP contribution is 2.44. The predicted molar refractivity (Wildman–Crippen MR) is 68.6 cm³/mol. The van der Waals surface area contributed by atoms with E-state index in [0.29, 0.717) is 10.8 Å². The van der Waals surface area contributed by atoms with E-state index in [2.05, 4.69) is 0 Å². The second-order valence-electron chi connectivity index (χ2n) is 5.34. The molecular formula is C14H7F6NO3. The number of hydrogen-bond acceptors (Lipinski definition) is 2. The second kappa shape index (κ2) is 4.99. The highest BCUT2D eigenvalue weighted by Gasteiger charge is 2.44. The largest absolute Gasteiger partial charge is 0.477 e. The van der Waals surface area contributed by atoms with Gasteiger partial charge in [0.15, 0.2) is 11.6 Å². The molecule has 0 radical (unpaired) electrons. The molecule has 10 heteroatoms. The van der Waals surface area contributed by atoms with E-state index in [-0.39, 0.29) is 12.5 Å². The summed E-state index contributed by atoms with van der Waals surface area (Å²) in [6.07, 6.45) is -6.65. The van der Waals surface area contributed by atoms with Crippen molar-refractivity contribution in [2.45, 2.75) is 24.8 Å². The topological polar surface area (TPSA) is 59.3 Å². The van der Waals surface area contributed by atoms with Crippen molar-refractivity contribution >= 4 is 16.9 Å². The van der Waals surface area contributed by atoms with Crippen molar-refractivity contribution in [3.05, 3.63) is 45.2 Å². The fraction of sp³-hybridized carbons (Fsp3) is 0.286. The van der Waals surface area contributed by atoms with Crippen LogP contribution in [0.1, 0.15) is 28.4 Å². The summed E-state index contributed by atoms with van der Waals surface area (Å²) in [6, 6.07) is -0.988. The van der Waals surface area contributed by atoms with E-state index in [4.69, 9.17) is 5.11 Å². The van der Waals surface area contributed by atoms with Crippen LogP contribution in [0.25, 0.3) is 10.9 Å². The lowest BCUT2D eigenvalue weighted by Gasteiger charge is -2.18. The Morgan fingerprint density at radius 1 is 1.29 bits per heavy atom. The van der Waals surface area contributed by atoms with E-state index in [9.17, 15) is 35.9 Å². The number of benzene rings is 1. The Bertz CT molecular complexity index is 933. The average molecular weight is 351 g/mol. The number of aromatic nitrogens is 1. The molecule has 1 aliphatic rings. The molecule has 3 rings (SSSR count). The van der Waals surface area contributed by atoms with Gasteiger partial charge >= 0.3 is 12.1 Å². The molecule has 1 N–H and O–H groups in total. The van der Waals surface area contributed by atoms with Crippen LogP contribution in [0.2, 0.25) is 0 Å². The maximum atomic E-state index is 13.8. The number of hydrogen-bond donors (Lipinski definition) is 1. The number of carbonyl (C=O) groups is 1. The van der Waals surface area contributed by atoms with Crippen LogP contribution in [0.5, 0.6) is 0 Å². The van der Waals surface area contributed by atoms with Crippen molar-refractivity contribution in [2.24, 2.45) is 0 Å². The Kier molecular flexibility index (Phi) is 3.40. The van der Waals surface area contributed by atoms with Gasteiger partial charge in [-0.15, -0.1) is 0 Å². The number of rotatable bonds is 2. The minimum atomic E-state index is -5.37. The Hall–Kier alpha value is -2.52. The summed E-state index contributed by atoms with van der Waals surface area (Å²) in [5.74, 6) is -5.96. The molecule has 24 heavy (non-hydrogen) atoms. The number of pyridine rings is 1. The van der Waals surface area contributed by atoms with Crippen LogP contribution in [0.15, 0.2) is 17.1 Å². The molecule has 0 bridgehead atoms. The van der Waals surface area contributed by atoms with Gasteiger partial charge in [0.1, 0.15) is 17.3 Å². The quantitative estimate of drug-likeness (QED) is 0.845. The zero-order valence-corrected chi connectivity index (χ0v) is 11.5. The van der Waals surface area contributed by atoms with Gasteiger partial charge in [-0.2, -0.15) is 13.2 Å². The van der Waals surface area contributed by atoms with Crippen molar-refractivity contribution in [3.63, 3.8) is 0 Å². The van der Waals surface area contributed by atoms with Gasteiger partial charge in [-0.1, -0.05) is 0 Å². The van der Waals surface area contributed by atoms with Gasteiger partial charge in [0, 0.05) is 12.6 Å². The molecular weight excluding hydrogens is 344 g/mol. The highest BCUT2D eigenvalue weighted by molar-refractivity contribution is 5.93. The molecule has 0 unspecified atom stereocenters. The second-order valence-corrected chi connectivity index (χ2v) is 5.34. The summed E-state index contributed by atoms with van der Waals surface area (Å²) in [5.41, 5.74) is -5.50. The van der Waals surface area contributed by atoms with Gasteiger partial charge in [0.25, 0.3) is 0 Å². The van der Waals surface area contributed by atoms with Crippen LogP contribution in [0, 0.1) is 11.6 Å². The lowest BCUT2D eigenvalue weighted by atomic mass is 10.0. The van der Waals surface area contributed by atoms with E-state index < -0.39 is 63.5 Å². The van der Waals surface area contributed by atoms with Crippen LogP contribution in [-0.4, -0.2) is 21.8 Å². The molecule has 4 nitrogen and oxygen atoms in total. The summed E-state index contributed by atoms with van der Waals surface area (Å²) in [7, 11) is 0. The molecule has 1 aromatic heterocycles. The van der Waals surface area contributed by atoms with Crippen LogP contribution in [0.3, 0.4) is 0 Å². The SMILES string of the molecule is O=C(O)c1cn([C@@H]2C[C@H]2F)c2c(C(F)(F)F)c(F)c(F)cc2c1=O. The minimum absolute atomic E-state index is 0.195. The van der Waals surface area contributed by atoms with Crippen LogP contribution in [0.4, 0.5) is 26.3 Å². The highest BCUT2D eigenvalue weighted by atomic mass is 19.4. The summed E-state index contributed by atoms with van der Waals surface area (Å²) in [6.45, 7) is 0. The van der Waals surface area contributed by atoms with Gasteiger partial charge in [-0.3, -0.25) is 4.79 Å². The first-order chi connectivity index (χ1) is 11.0. The molecule has 1 fully saturated rings. The number of alkyl halides is 4. The van der Waals surface area contributed by atoms with Crippen molar-refractivity contribution in [1.82, 2.24) is 4.57 Å². The molecule has 1 heterocycles. The lowest BCUT2D eigenvalue weighted by Crippen LogP contribution is -2.23. The zero-order valence-electron chi connectivity index (χ0n) is 11.5. The molecule has 1 aliphatic carbocycles. The molecule has 128 valence electrons. The Morgan fingerprint density at radius 2 is 1.88 bits per heavy atom. The van der Waals surface area contributed by atoms with Gasteiger partial charge in [0.05, 0.1) is 16.9 Å². The lowest BCUT2D eigenvalue weighted by molar-refractivity contribution is -0.139. The molecule has 0 aliphatic heterocycles. The fourth-order valence-corrected chi connectivity index (χ4v) is 2.58. The van der Waals surface area contributed by atoms with Gasteiger partial charge < -0.3 is 9.67 Å². The molecule has 2 aromatic rings. The summed E-state index contributed by atoms with van der Waals surface area (Å²) < 4.78 is 80.7. The zero-order chi connectivity index (χ0) is 18.0. The fourth-order valence-electron chi connectivity index (χ4n) is 2.58. The van der Waals surface area contributed by atoms with Crippen LogP contribution < -0.4 is 5.43 Å². The van der Waals surface area contributed by atoms with Gasteiger partial charge in [-0.25, -0.2) is 18.0 Å². The van der Waals surface area contributed by atoms with E-state index in [0.717, 1.165) is 0 Å². The smallest absolute Gasteiger partial charge is 0.421 e. The standard InChI is InChI=1S/C14H7F6NO3/c15-6-2-8(6)21-3-5(13(23)24)12(22)4-1-7(16)10(17)9(11(4)21)14(18,19)20/h1,3,6,8H,2H2,(H,23,24)/t6-,8-/m1/s1. The molecule has 0 saturated heterocycles. The maximum absolute atomic E-state index is 13.8. The van der Waals surface area contributed by atoms with Crippen LogP contribution >= 0.6 is 0 Å². The Morgan fingerprint density at radius 3 is 2.33 bits per heavy atom. The van der Waals surface area contributed by atoms with Crippen molar-refractivity contribution in [2.75, 3.05) is 0 Å². The van der Waals surface area contributed by atoms with E-state index in [1.165, 1.54) is 0 Å². The van der Waals surface area contributed by atoms with Gasteiger partial charge in [-0.05, 0) is 6.07 Å². The number of fused-ring (bicyclic) bond motifs is 1. The monoisotopic (exact) mass is 351 g/mol. The number of nitrogens with zero attached hydrogens (tertiary/aromatic N) is 1. The first-order valence-corrected chi connectivity index (χ1v) is 6.55. The molecule has 2 atom stereocenters. The van der Waals surface area contributed by atoms with E-state index >= 15 is 0 Å². The third kappa shape index (κ3) is 2.33. The predicted octanol–water partition coefficient (Wildman–Crippen LogP) is 3.28. The third-order valence-corrected chi connectivity index (χ3v) is 3.76. The minimum Gasteiger partial charge on any atom is -0.477 e. The average Bonchev–Trinajstić information content (AvgIpc) is 3.16.